The van der Waals surface area contributed by atoms with Gasteiger partial charge in [0.25, 0.3) is 0 Å². The maximum Gasteiger partial charge on any atom is 0.0490 e. The van der Waals surface area contributed by atoms with Crippen LogP contribution in [0.4, 0.5) is 0 Å². The Morgan fingerprint density at radius 2 is 2.00 bits per heavy atom. The van der Waals surface area contributed by atoms with Gasteiger partial charge in [-0.2, -0.15) is 0 Å². The Hall–Kier alpha value is -0.890. The van der Waals surface area contributed by atoms with Crippen molar-refractivity contribution in [2.45, 2.75) is 19.3 Å². The second kappa shape index (κ2) is 2.87. The lowest BCUT2D eigenvalue weighted by molar-refractivity contribution is 0.211. The Kier molecular flexibility index (Phi) is 1.85. The van der Waals surface area contributed by atoms with E-state index in [0.717, 1.165) is 6.42 Å². The first-order valence-corrected chi connectivity index (χ1v) is 4.34. The lowest BCUT2D eigenvalue weighted by Crippen LogP contribution is -2.09. The highest BCUT2D eigenvalue weighted by Gasteiger charge is 2.41. The van der Waals surface area contributed by atoms with Gasteiger partial charge in [0.1, 0.15) is 0 Å². The first-order chi connectivity index (χ1) is 5.85. The van der Waals surface area contributed by atoms with Gasteiger partial charge < -0.3 is 5.11 Å². The number of hydrogen-bond acceptors (Lipinski definition) is 2. The summed E-state index contributed by atoms with van der Waals surface area (Å²) in [6.45, 7) is 0.329. The molecule has 0 radical (unpaired) electrons. The summed E-state index contributed by atoms with van der Waals surface area (Å²) in [6, 6.07) is 4.05. The van der Waals surface area contributed by atoms with Crippen molar-refractivity contribution in [1.29, 1.82) is 0 Å². The van der Waals surface area contributed by atoms with Gasteiger partial charge in [0.15, 0.2) is 0 Å². The number of aromatic nitrogens is 1. The van der Waals surface area contributed by atoms with E-state index in [0.29, 0.717) is 6.61 Å². The van der Waals surface area contributed by atoms with E-state index in [4.69, 9.17) is 5.11 Å². The Bertz CT molecular complexity index is 254. The Morgan fingerprint density at radius 1 is 1.33 bits per heavy atom. The molecule has 2 rings (SSSR count). The molecule has 1 saturated carbocycles. The molecular weight excluding hydrogens is 150 g/mol. The zero-order valence-corrected chi connectivity index (χ0v) is 7.03. The number of hydrogen-bond donors (Lipinski definition) is 1. The standard InChI is InChI=1S/C10H13NO/c12-8-10(3-4-10)7-9-1-5-11-6-2-9/h1-2,5-6,12H,3-4,7-8H2. The molecule has 0 saturated heterocycles. The van der Waals surface area contributed by atoms with E-state index in [1.54, 1.807) is 0 Å². The zero-order valence-electron chi connectivity index (χ0n) is 7.03. The van der Waals surface area contributed by atoms with Crippen LogP contribution >= 0.6 is 0 Å². The van der Waals surface area contributed by atoms with Crippen LogP contribution < -0.4 is 0 Å². The summed E-state index contributed by atoms with van der Waals surface area (Å²) in [4.78, 5) is 3.96. The van der Waals surface area contributed by atoms with E-state index in [1.807, 2.05) is 24.5 Å². The van der Waals surface area contributed by atoms with Gasteiger partial charge >= 0.3 is 0 Å². The zero-order chi connectivity index (χ0) is 8.44. The van der Waals surface area contributed by atoms with Crippen LogP contribution in [0.25, 0.3) is 0 Å². The molecule has 0 bridgehead atoms. The van der Waals surface area contributed by atoms with Crippen LogP contribution in [0.2, 0.25) is 0 Å². The quantitative estimate of drug-likeness (QED) is 0.730. The molecule has 0 amide bonds. The summed E-state index contributed by atoms with van der Waals surface area (Å²) in [7, 11) is 0. The van der Waals surface area contributed by atoms with Gasteiger partial charge in [0, 0.05) is 19.0 Å². The third-order valence-corrected chi connectivity index (χ3v) is 2.62. The van der Waals surface area contributed by atoms with Crippen molar-refractivity contribution in [2.75, 3.05) is 6.61 Å². The number of rotatable bonds is 3. The van der Waals surface area contributed by atoms with Crippen molar-refractivity contribution >= 4 is 0 Å². The highest BCUT2D eigenvalue weighted by molar-refractivity contribution is 5.15. The Labute approximate surface area is 72.3 Å². The van der Waals surface area contributed by atoms with E-state index < -0.39 is 0 Å². The molecule has 12 heavy (non-hydrogen) atoms. The summed E-state index contributed by atoms with van der Waals surface area (Å²) in [5.74, 6) is 0. The lowest BCUT2D eigenvalue weighted by Gasteiger charge is -2.10. The molecule has 0 aromatic carbocycles. The van der Waals surface area contributed by atoms with Crippen molar-refractivity contribution in [1.82, 2.24) is 4.98 Å². The summed E-state index contributed by atoms with van der Waals surface area (Å²) in [5.41, 5.74) is 1.51. The van der Waals surface area contributed by atoms with Gasteiger partial charge in [-0.25, -0.2) is 0 Å². The molecule has 1 N–H and O–H groups in total. The van der Waals surface area contributed by atoms with Crippen molar-refractivity contribution in [3.05, 3.63) is 30.1 Å². The average Bonchev–Trinajstić information content (AvgIpc) is 2.88. The van der Waals surface area contributed by atoms with Gasteiger partial charge in [-0.15, -0.1) is 0 Å². The van der Waals surface area contributed by atoms with Crippen LogP contribution in [0.3, 0.4) is 0 Å². The second-order valence-electron chi connectivity index (χ2n) is 3.69. The van der Waals surface area contributed by atoms with Crippen LogP contribution in [0.15, 0.2) is 24.5 Å². The molecule has 0 unspecified atom stereocenters. The largest absolute Gasteiger partial charge is 0.396 e. The fourth-order valence-corrected chi connectivity index (χ4v) is 1.50. The molecule has 1 heterocycles. The van der Waals surface area contributed by atoms with Crippen molar-refractivity contribution < 1.29 is 5.11 Å². The average molecular weight is 163 g/mol. The fraction of sp³-hybridized carbons (Fsp3) is 0.500. The van der Waals surface area contributed by atoms with Crippen LogP contribution in [-0.4, -0.2) is 16.7 Å². The van der Waals surface area contributed by atoms with Crippen LogP contribution in [0, 0.1) is 5.41 Å². The van der Waals surface area contributed by atoms with Crippen LogP contribution in [0.1, 0.15) is 18.4 Å². The molecule has 2 heteroatoms. The van der Waals surface area contributed by atoms with Crippen molar-refractivity contribution in [2.24, 2.45) is 5.41 Å². The molecule has 64 valence electrons. The maximum atomic E-state index is 9.10. The molecule has 0 atom stereocenters. The minimum absolute atomic E-state index is 0.224. The summed E-state index contributed by atoms with van der Waals surface area (Å²) in [6.07, 6.45) is 6.97. The third kappa shape index (κ3) is 1.48. The molecular formula is C10H13NO. The monoisotopic (exact) mass is 163 g/mol. The van der Waals surface area contributed by atoms with Gasteiger partial charge in [-0.3, -0.25) is 4.98 Å². The number of nitrogens with zero attached hydrogens (tertiary/aromatic N) is 1. The highest BCUT2D eigenvalue weighted by Crippen LogP contribution is 2.47. The first kappa shape index (κ1) is 7.74. The molecule has 1 aromatic rings. The highest BCUT2D eigenvalue weighted by atomic mass is 16.3. The van der Waals surface area contributed by atoms with Crippen LogP contribution in [0.5, 0.6) is 0 Å². The SMILES string of the molecule is OCC1(Cc2ccncc2)CC1. The van der Waals surface area contributed by atoms with Gasteiger partial charge in [0.2, 0.25) is 0 Å². The summed E-state index contributed by atoms with van der Waals surface area (Å²) < 4.78 is 0. The Morgan fingerprint density at radius 3 is 2.50 bits per heavy atom. The maximum absolute atomic E-state index is 9.10. The molecule has 1 aromatic heterocycles. The summed E-state index contributed by atoms with van der Waals surface area (Å²) in [5, 5.41) is 9.10. The van der Waals surface area contributed by atoms with E-state index in [9.17, 15) is 0 Å². The topological polar surface area (TPSA) is 33.1 Å². The molecule has 1 aliphatic carbocycles. The van der Waals surface area contributed by atoms with E-state index in [-0.39, 0.29) is 5.41 Å². The number of pyridine rings is 1. The van der Waals surface area contributed by atoms with Crippen LogP contribution in [-0.2, 0) is 6.42 Å². The third-order valence-electron chi connectivity index (χ3n) is 2.62. The normalized spacial score (nSPS) is 19.1. The lowest BCUT2D eigenvalue weighted by atomic mass is 9.98. The van der Waals surface area contributed by atoms with Crippen molar-refractivity contribution in [3.63, 3.8) is 0 Å². The first-order valence-electron chi connectivity index (χ1n) is 4.34. The van der Waals surface area contributed by atoms with E-state index in [2.05, 4.69) is 4.98 Å². The smallest absolute Gasteiger partial charge is 0.0490 e. The second-order valence-corrected chi connectivity index (χ2v) is 3.69. The van der Waals surface area contributed by atoms with Gasteiger partial charge in [0.05, 0.1) is 0 Å². The predicted molar refractivity (Wildman–Crippen MR) is 46.7 cm³/mol. The fourth-order valence-electron chi connectivity index (χ4n) is 1.50. The molecule has 2 nitrogen and oxygen atoms in total. The molecule has 0 aliphatic heterocycles. The van der Waals surface area contributed by atoms with Crippen molar-refractivity contribution in [3.8, 4) is 0 Å². The molecule has 0 spiro atoms. The minimum Gasteiger partial charge on any atom is -0.396 e. The van der Waals surface area contributed by atoms with Gasteiger partial charge in [-0.05, 0) is 42.4 Å². The molecule has 1 aliphatic rings. The predicted octanol–water partition coefficient (Wildman–Crippen LogP) is 1.40. The summed E-state index contributed by atoms with van der Waals surface area (Å²) >= 11 is 0. The number of aliphatic hydroxyl groups excluding tert-OH is 1. The minimum atomic E-state index is 0.224. The number of aliphatic hydroxyl groups is 1. The molecule has 1 fully saturated rings. The Balaban J connectivity index is 2.04. The van der Waals surface area contributed by atoms with E-state index >= 15 is 0 Å². The van der Waals surface area contributed by atoms with E-state index in [1.165, 1.54) is 18.4 Å². The van der Waals surface area contributed by atoms with Gasteiger partial charge in [-0.1, -0.05) is 0 Å².